The molecule has 1 aliphatic rings. The highest BCUT2D eigenvalue weighted by molar-refractivity contribution is 7.89. The number of nitrogens with zero attached hydrogens (tertiary/aromatic N) is 2. The average Bonchev–Trinajstić information content (AvgIpc) is 2.59. The molecule has 1 aliphatic heterocycles. The van der Waals surface area contributed by atoms with Gasteiger partial charge in [0.05, 0.1) is 5.75 Å². The summed E-state index contributed by atoms with van der Waals surface area (Å²) < 4.78 is 24.6. The Kier molecular flexibility index (Phi) is 3.08. The first kappa shape index (κ1) is 11.3. The number of anilines is 1. The van der Waals surface area contributed by atoms with Crippen molar-refractivity contribution < 1.29 is 8.42 Å². The molecule has 0 unspecified atom stereocenters. The third-order valence-electron chi connectivity index (χ3n) is 2.53. The molecule has 2 heterocycles. The fourth-order valence-electron chi connectivity index (χ4n) is 1.68. The van der Waals surface area contributed by atoms with E-state index >= 15 is 0 Å². The molecule has 0 spiro atoms. The van der Waals surface area contributed by atoms with Crippen molar-refractivity contribution in [3.05, 3.63) is 23.9 Å². The Morgan fingerprint density at radius 3 is 2.81 bits per heavy atom. The van der Waals surface area contributed by atoms with E-state index in [2.05, 4.69) is 10.4 Å². The first-order valence-corrected chi connectivity index (χ1v) is 6.62. The molecule has 0 aliphatic carbocycles. The number of rotatable bonds is 3. The van der Waals surface area contributed by atoms with Gasteiger partial charge in [-0.3, -0.25) is 0 Å². The van der Waals surface area contributed by atoms with E-state index in [1.165, 1.54) is 4.31 Å². The third kappa shape index (κ3) is 2.31. The lowest BCUT2D eigenvalue weighted by atomic mass is 10.3. The number of aromatic nitrogens is 1. The van der Waals surface area contributed by atoms with Crippen LogP contribution in [0.3, 0.4) is 0 Å². The molecule has 88 valence electrons. The van der Waals surface area contributed by atoms with E-state index in [0.717, 1.165) is 5.56 Å². The Morgan fingerprint density at radius 2 is 2.31 bits per heavy atom. The highest BCUT2D eigenvalue weighted by Crippen LogP contribution is 2.17. The number of hydrazine groups is 1. The number of nitrogens with one attached hydrogen (secondary N) is 1. The van der Waals surface area contributed by atoms with E-state index in [9.17, 15) is 8.42 Å². The van der Waals surface area contributed by atoms with Crippen LogP contribution in [0.15, 0.2) is 18.3 Å². The fourth-order valence-corrected chi connectivity index (χ4v) is 3.18. The highest BCUT2D eigenvalue weighted by Gasteiger charge is 2.27. The normalized spacial score (nSPS) is 19.8. The molecule has 7 heteroatoms. The lowest BCUT2D eigenvalue weighted by Gasteiger charge is -2.13. The summed E-state index contributed by atoms with van der Waals surface area (Å²) in [5.41, 5.74) is 3.29. The van der Waals surface area contributed by atoms with Gasteiger partial charge in [0.25, 0.3) is 0 Å². The van der Waals surface area contributed by atoms with Crippen LogP contribution >= 0.6 is 0 Å². The molecule has 0 saturated carbocycles. The zero-order valence-corrected chi connectivity index (χ0v) is 9.57. The molecule has 16 heavy (non-hydrogen) atoms. The van der Waals surface area contributed by atoms with E-state index in [4.69, 9.17) is 5.84 Å². The maximum atomic E-state index is 11.6. The lowest BCUT2D eigenvalue weighted by molar-refractivity contribution is 0.439. The van der Waals surface area contributed by atoms with Crippen LogP contribution in [-0.2, 0) is 16.6 Å². The maximum absolute atomic E-state index is 11.6. The van der Waals surface area contributed by atoms with Crippen LogP contribution in [0.25, 0.3) is 0 Å². The second-order valence-corrected chi connectivity index (χ2v) is 5.79. The van der Waals surface area contributed by atoms with Gasteiger partial charge in [0.15, 0.2) is 0 Å². The maximum Gasteiger partial charge on any atom is 0.214 e. The van der Waals surface area contributed by atoms with Crippen LogP contribution in [0.4, 0.5) is 5.82 Å². The molecule has 1 aromatic heterocycles. The number of nitrogens with two attached hydrogens (primary N) is 1. The third-order valence-corrected chi connectivity index (χ3v) is 4.44. The predicted octanol–water partition coefficient (Wildman–Crippen LogP) is -0.0973. The molecule has 0 atom stereocenters. The SMILES string of the molecule is NNc1ccc(CN2CCCS2(=O)=O)cn1. The van der Waals surface area contributed by atoms with Crippen molar-refractivity contribution in [3.8, 4) is 0 Å². The Balaban J connectivity index is 2.09. The number of pyridine rings is 1. The number of sulfonamides is 1. The summed E-state index contributed by atoms with van der Waals surface area (Å²) in [5.74, 6) is 6.00. The Labute approximate surface area is 94.5 Å². The van der Waals surface area contributed by atoms with Crippen LogP contribution < -0.4 is 11.3 Å². The van der Waals surface area contributed by atoms with E-state index in [1.54, 1.807) is 12.3 Å². The van der Waals surface area contributed by atoms with Gasteiger partial charge in [0, 0.05) is 19.3 Å². The first-order valence-electron chi connectivity index (χ1n) is 5.01. The van der Waals surface area contributed by atoms with E-state index in [1.807, 2.05) is 6.07 Å². The van der Waals surface area contributed by atoms with Crippen LogP contribution in [-0.4, -0.2) is 30.0 Å². The zero-order chi connectivity index (χ0) is 11.6. The van der Waals surface area contributed by atoms with Crippen molar-refractivity contribution in [3.63, 3.8) is 0 Å². The van der Waals surface area contributed by atoms with E-state index in [-0.39, 0.29) is 5.75 Å². The van der Waals surface area contributed by atoms with Crippen molar-refractivity contribution >= 4 is 15.8 Å². The van der Waals surface area contributed by atoms with Crippen LogP contribution in [0.1, 0.15) is 12.0 Å². The first-order chi connectivity index (χ1) is 7.62. The van der Waals surface area contributed by atoms with Gasteiger partial charge in [-0.2, -0.15) is 4.31 Å². The standard InChI is InChI=1S/C9H14N4O2S/c10-12-9-3-2-8(6-11-9)7-13-4-1-5-16(13,14)15/h2-3,6H,1,4-5,7,10H2,(H,11,12). The molecule has 0 radical (unpaired) electrons. The monoisotopic (exact) mass is 242 g/mol. The molecule has 0 amide bonds. The minimum Gasteiger partial charge on any atom is -0.308 e. The Hall–Kier alpha value is -1.18. The van der Waals surface area contributed by atoms with Gasteiger partial charge in [0.1, 0.15) is 5.82 Å². The van der Waals surface area contributed by atoms with Gasteiger partial charge in [-0.05, 0) is 18.1 Å². The summed E-state index contributed by atoms with van der Waals surface area (Å²) in [6, 6.07) is 3.54. The van der Waals surface area contributed by atoms with Crippen molar-refractivity contribution in [1.82, 2.24) is 9.29 Å². The van der Waals surface area contributed by atoms with E-state index in [0.29, 0.717) is 25.3 Å². The quantitative estimate of drug-likeness (QED) is 0.571. The molecule has 3 N–H and O–H groups in total. The summed E-state index contributed by atoms with van der Waals surface area (Å²) in [4.78, 5) is 4.03. The molecule has 1 saturated heterocycles. The highest BCUT2D eigenvalue weighted by atomic mass is 32.2. The summed E-state index contributed by atoms with van der Waals surface area (Å²) in [7, 11) is -3.04. The average molecular weight is 242 g/mol. The number of hydrogen-bond acceptors (Lipinski definition) is 5. The summed E-state index contributed by atoms with van der Waals surface area (Å²) in [5, 5.41) is 0. The molecular weight excluding hydrogens is 228 g/mol. The minimum atomic E-state index is -3.04. The molecule has 0 aromatic carbocycles. The van der Waals surface area contributed by atoms with Crippen LogP contribution in [0.2, 0.25) is 0 Å². The van der Waals surface area contributed by atoms with Crippen molar-refractivity contribution in [2.24, 2.45) is 5.84 Å². The lowest BCUT2D eigenvalue weighted by Crippen LogP contribution is -2.25. The summed E-state index contributed by atoms with van der Waals surface area (Å²) in [6.07, 6.45) is 2.33. The topological polar surface area (TPSA) is 88.3 Å². The minimum absolute atomic E-state index is 0.253. The predicted molar refractivity (Wildman–Crippen MR) is 60.9 cm³/mol. The second-order valence-electron chi connectivity index (χ2n) is 3.70. The Morgan fingerprint density at radius 1 is 1.50 bits per heavy atom. The van der Waals surface area contributed by atoms with Crippen LogP contribution in [0.5, 0.6) is 0 Å². The Bertz CT molecular complexity index is 457. The summed E-state index contributed by atoms with van der Waals surface area (Å²) >= 11 is 0. The van der Waals surface area contributed by atoms with E-state index < -0.39 is 10.0 Å². The molecule has 2 rings (SSSR count). The van der Waals surface area contributed by atoms with Gasteiger partial charge < -0.3 is 5.43 Å². The second kappa shape index (κ2) is 4.36. The van der Waals surface area contributed by atoms with Gasteiger partial charge in [-0.1, -0.05) is 6.07 Å². The molecule has 1 fully saturated rings. The fraction of sp³-hybridized carbons (Fsp3) is 0.444. The van der Waals surface area contributed by atoms with Crippen molar-refractivity contribution in [2.75, 3.05) is 17.7 Å². The number of hydrogen-bond donors (Lipinski definition) is 2. The van der Waals surface area contributed by atoms with Gasteiger partial charge in [-0.25, -0.2) is 19.2 Å². The van der Waals surface area contributed by atoms with Crippen molar-refractivity contribution in [2.45, 2.75) is 13.0 Å². The largest absolute Gasteiger partial charge is 0.308 e. The zero-order valence-electron chi connectivity index (χ0n) is 8.76. The summed E-state index contributed by atoms with van der Waals surface area (Å²) in [6.45, 7) is 0.986. The smallest absolute Gasteiger partial charge is 0.214 e. The number of nitrogen functional groups attached to an aromatic ring is 1. The molecule has 0 bridgehead atoms. The van der Waals surface area contributed by atoms with Gasteiger partial charge in [-0.15, -0.1) is 0 Å². The molecule has 1 aromatic rings. The van der Waals surface area contributed by atoms with Gasteiger partial charge in [0.2, 0.25) is 10.0 Å². The van der Waals surface area contributed by atoms with Gasteiger partial charge >= 0.3 is 0 Å². The molecule has 6 nitrogen and oxygen atoms in total. The van der Waals surface area contributed by atoms with Crippen LogP contribution in [0, 0.1) is 0 Å². The molecular formula is C9H14N4O2S. The van der Waals surface area contributed by atoms with Crippen molar-refractivity contribution in [1.29, 1.82) is 0 Å².